The van der Waals surface area contributed by atoms with E-state index in [0.717, 1.165) is 28.0 Å². The number of carbonyl (C=O) groups is 1. The van der Waals surface area contributed by atoms with E-state index in [2.05, 4.69) is 15.5 Å². The first-order valence-electron chi connectivity index (χ1n) is 9.88. The molecular weight excluding hydrogens is 427 g/mol. The van der Waals surface area contributed by atoms with E-state index in [9.17, 15) is 9.18 Å². The van der Waals surface area contributed by atoms with Crippen LogP contribution in [0.15, 0.2) is 78.0 Å². The number of carbonyl (C=O) groups excluding carboxylic acids is 1. The average Bonchev–Trinajstić information content (AvgIpc) is 3.18. The first-order chi connectivity index (χ1) is 15.5. The van der Waals surface area contributed by atoms with Crippen LogP contribution < -0.4 is 10.1 Å². The molecule has 0 radical (unpaired) electrons. The quantitative estimate of drug-likeness (QED) is 0.390. The second-order valence-electron chi connectivity index (χ2n) is 7.01. The molecule has 0 aliphatic carbocycles. The maximum absolute atomic E-state index is 13.3. The summed E-state index contributed by atoms with van der Waals surface area (Å²) < 4.78 is 20.5. The second-order valence-corrected chi connectivity index (χ2v) is 7.96. The third kappa shape index (κ3) is 4.97. The van der Waals surface area contributed by atoms with Crippen LogP contribution in [0.3, 0.4) is 0 Å². The molecule has 1 N–H and O–H groups in total. The van der Waals surface area contributed by atoms with Gasteiger partial charge < -0.3 is 10.1 Å². The Bertz CT molecular complexity index is 1220. The minimum Gasteiger partial charge on any atom is -0.497 e. The number of amides is 1. The summed E-state index contributed by atoms with van der Waals surface area (Å²) in [4.78, 5) is 12.4. The zero-order valence-electron chi connectivity index (χ0n) is 17.6. The number of anilines is 1. The van der Waals surface area contributed by atoms with E-state index in [1.165, 1.54) is 12.1 Å². The number of aromatic nitrogens is 3. The molecule has 0 saturated heterocycles. The molecule has 32 heavy (non-hydrogen) atoms. The number of nitrogens with one attached hydrogen (secondary N) is 1. The number of methoxy groups -OCH3 is 1. The molecule has 4 aromatic rings. The molecule has 0 unspecified atom stereocenters. The Labute approximate surface area is 189 Å². The van der Waals surface area contributed by atoms with Crippen LogP contribution in [-0.2, 0) is 5.75 Å². The van der Waals surface area contributed by atoms with Crippen LogP contribution in [0.2, 0.25) is 0 Å². The maximum Gasteiger partial charge on any atom is 0.255 e. The number of rotatable bonds is 7. The van der Waals surface area contributed by atoms with Crippen LogP contribution in [0.1, 0.15) is 21.7 Å². The number of hydrogen-bond donors (Lipinski definition) is 1. The molecule has 1 heterocycles. The van der Waals surface area contributed by atoms with E-state index in [-0.39, 0.29) is 5.91 Å². The topological polar surface area (TPSA) is 69.0 Å². The number of aryl methyl sites for hydroxylation is 1. The summed E-state index contributed by atoms with van der Waals surface area (Å²) in [5, 5.41) is 12.0. The minimum absolute atomic E-state index is 0.287. The third-order valence-corrected chi connectivity index (χ3v) is 5.79. The highest BCUT2D eigenvalue weighted by Crippen LogP contribution is 2.26. The van der Waals surface area contributed by atoms with Gasteiger partial charge in [0.05, 0.1) is 7.11 Å². The molecule has 4 rings (SSSR count). The van der Waals surface area contributed by atoms with Crippen LogP contribution in [0.5, 0.6) is 5.75 Å². The SMILES string of the molecule is COc1ccc(-n2c(C)nnc2SCc2ccc(C(=O)Nc3cccc(F)c3)cc2)cc1. The van der Waals surface area contributed by atoms with Crippen LogP contribution in [0.25, 0.3) is 5.69 Å². The molecule has 0 saturated carbocycles. The molecule has 1 aromatic heterocycles. The summed E-state index contributed by atoms with van der Waals surface area (Å²) in [6, 6.07) is 20.8. The second kappa shape index (κ2) is 9.65. The summed E-state index contributed by atoms with van der Waals surface area (Å²) in [7, 11) is 1.64. The molecule has 0 spiro atoms. The number of hydrogen-bond acceptors (Lipinski definition) is 5. The van der Waals surface area contributed by atoms with Crippen LogP contribution in [0, 0.1) is 12.7 Å². The van der Waals surface area contributed by atoms with Crippen molar-refractivity contribution in [1.82, 2.24) is 14.8 Å². The number of thioether (sulfide) groups is 1. The fraction of sp³-hybridized carbons (Fsp3) is 0.125. The van der Waals surface area contributed by atoms with Gasteiger partial charge in [0.2, 0.25) is 0 Å². The molecule has 0 aliphatic rings. The normalized spacial score (nSPS) is 10.7. The fourth-order valence-corrected chi connectivity index (χ4v) is 4.09. The summed E-state index contributed by atoms with van der Waals surface area (Å²) >= 11 is 1.56. The van der Waals surface area contributed by atoms with E-state index in [1.807, 2.05) is 47.9 Å². The van der Waals surface area contributed by atoms with Crippen molar-refractivity contribution in [3.05, 3.63) is 95.6 Å². The summed E-state index contributed by atoms with van der Waals surface area (Å²) in [6.07, 6.45) is 0. The number of benzene rings is 3. The maximum atomic E-state index is 13.3. The van der Waals surface area contributed by atoms with E-state index >= 15 is 0 Å². The molecular formula is C24H21FN4O2S. The molecule has 162 valence electrons. The van der Waals surface area contributed by atoms with Crippen molar-refractivity contribution in [1.29, 1.82) is 0 Å². The molecule has 3 aromatic carbocycles. The van der Waals surface area contributed by atoms with Crippen molar-refractivity contribution >= 4 is 23.4 Å². The first-order valence-corrected chi connectivity index (χ1v) is 10.9. The Hall–Kier alpha value is -3.65. The summed E-state index contributed by atoms with van der Waals surface area (Å²) in [6.45, 7) is 1.91. The molecule has 0 aliphatic heterocycles. The average molecular weight is 449 g/mol. The predicted molar refractivity (Wildman–Crippen MR) is 123 cm³/mol. The monoisotopic (exact) mass is 448 g/mol. The van der Waals surface area contributed by atoms with Gasteiger partial charge in [-0.25, -0.2) is 4.39 Å². The van der Waals surface area contributed by atoms with Gasteiger partial charge >= 0.3 is 0 Å². The van der Waals surface area contributed by atoms with Gasteiger partial charge in [-0.3, -0.25) is 9.36 Å². The standard InChI is InChI=1S/C24H21FN4O2S/c1-16-27-28-24(29(16)21-10-12-22(31-2)13-11-21)32-15-17-6-8-18(9-7-17)23(30)26-20-5-3-4-19(25)14-20/h3-14H,15H2,1-2H3,(H,26,30). The highest BCUT2D eigenvalue weighted by Gasteiger charge is 2.12. The lowest BCUT2D eigenvalue weighted by Crippen LogP contribution is -2.11. The Morgan fingerprint density at radius 2 is 1.81 bits per heavy atom. The molecule has 1 amide bonds. The number of halogens is 1. The first kappa shape index (κ1) is 21.6. The highest BCUT2D eigenvalue weighted by atomic mass is 32.2. The van der Waals surface area contributed by atoms with Gasteiger partial charge in [0, 0.05) is 22.7 Å². The molecule has 0 fully saturated rings. The van der Waals surface area contributed by atoms with E-state index in [1.54, 1.807) is 43.1 Å². The largest absolute Gasteiger partial charge is 0.497 e. The minimum atomic E-state index is -0.395. The van der Waals surface area contributed by atoms with Gasteiger partial charge in [-0.15, -0.1) is 10.2 Å². The van der Waals surface area contributed by atoms with Crippen molar-refractivity contribution < 1.29 is 13.9 Å². The fourth-order valence-electron chi connectivity index (χ4n) is 3.13. The van der Waals surface area contributed by atoms with Gasteiger partial charge in [-0.05, 0) is 67.1 Å². The Morgan fingerprint density at radius 1 is 1.06 bits per heavy atom. The zero-order valence-corrected chi connectivity index (χ0v) is 18.4. The van der Waals surface area contributed by atoms with Gasteiger partial charge in [-0.2, -0.15) is 0 Å². The number of ether oxygens (including phenoxy) is 1. The van der Waals surface area contributed by atoms with Gasteiger partial charge in [-0.1, -0.05) is 30.0 Å². The molecule has 8 heteroatoms. The van der Waals surface area contributed by atoms with Crippen LogP contribution >= 0.6 is 11.8 Å². The summed E-state index contributed by atoms with van der Waals surface area (Å²) in [5.41, 5.74) is 2.92. The molecule has 0 bridgehead atoms. The molecule has 6 nitrogen and oxygen atoms in total. The van der Waals surface area contributed by atoms with Crippen molar-refractivity contribution in [3.63, 3.8) is 0 Å². The van der Waals surface area contributed by atoms with E-state index < -0.39 is 5.82 Å². The van der Waals surface area contributed by atoms with Crippen LogP contribution in [-0.4, -0.2) is 27.8 Å². The lowest BCUT2D eigenvalue weighted by molar-refractivity contribution is 0.102. The van der Waals surface area contributed by atoms with E-state index in [0.29, 0.717) is 17.0 Å². The lowest BCUT2D eigenvalue weighted by Gasteiger charge is -2.09. The third-order valence-electron chi connectivity index (χ3n) is 4.79. The smallest absolute Gasteiger partial charge is 0.255 e. The Morgan fingerprint density at radius 3 is 2.50 bits per heavy atom. The lowest BCUT2D eigenvalue weighted by atomic mass is 10.1. The van der Waals surface area contributed by atoms with E-state index in [4.69, 9.17) is 4.74 Å². The van der Waals surface area contributed by atoms with Crippen LogP contribution in [0.4, 0.5) is 10.1 Å². The van der Waals surface area contributed by atoms with Crippen molar-refractivity contribution in [2.24, 2.45) is 0 Å². The van der Waals surface area contributed by atoms with Crippen molar-refractivity contribution in [2.45, 2.75) is 17.8 Å². The van der Waals surface area contributed by atoms with Gasteiger partial charge in [0.1, 0.15) is 17.4 Å². The van der Waals surface area contributed by atoms with Gasteiger partial charge in [0.15, 0.2) is 5.16 Å². The zero-order chi connectivity index (χ0) is 22.5. The van der Waals surface area contributed by atoms with Gasteiger partial charge in [0.25, 0.3) is 5.91 Å². The predicted octanol–water partition coefficient (Wildman–Crippen LogP) is 5.27. The number of nitrogens with zero attached hydrogens (tertiary/aromatic N) is 3. The molecule has 0 atom stereocenters. The Balaban J connectivity index is 1.42. The van der Waals surface area contributed by atoms with Crippen molar-refractivity contribution in [3.8, 4) is 11.4 Å². The van der Waals surface area contributed by atoms with Crippen molar-refractivity contribution in [2.75, 3.05) is 12.4 Å². The summed E-state index contributed by atoms with van der Waals surface area (Å²) in [5.74, 6) is 1.56. The Kier molecular flexibility index (Phi) is 6.51. The highest BCUT2D eigenvalue weighted by molar-refractivity contribution is 7.98.